The van der Waals surface area contributed by atoms with Crippen molar-refractivity contribution in [3.05, 3.63) is 71.6 Å². The van der Waals surface area contributed by atoms with E-state index in [9.17, 15) is 9.18 Å². The molecule has 0 bridgehead atoms. The monoisotopic (exact) mass is 300 g/mol. The molecule has 2 aromatic rings. The first kappa shape index (κ1) is 15.6. The Bertz CT molecular complexity index is 657. The number of ether oxygens (including phenoxy) is 1. The summed E-state index contributed by atoms with van der Waals surface area (Å²) < 4.78 is 18.3. The molecule has 0 unspecified atom stereocenters. The van der Waals surface area contributed by atoms with Crippen molar-refractivity contribution < 1.29 is 13.9 Å². The van der Waals surface area contributed by atoms with E-state index < -0.39 is 11.9 Å². The van der Waals surface area contributed by atoms with Gasteiger partial charge in [-0.15, -0.1) is 0 Å². The summed E-state index contributed by atoms with van der Waals surface area (Å²) in [6.07, 6.45) is 2.89. The van der Waals surface area contributed by atoms with Crippen LogP contribution in [0.5, 0.6) is 0 Å². The minimum atomic E-state index is -0.503. The molecule has 0 saturated heterocycles. The van der Waals surface area contributed by atoms with Gasteiger partial charge in [0.1, 0.15) is 12.4 Å². The Balaban J connectivity index is 1.72. The summed E-state index contributed by atoms with van der Waals surface area (Å²) in [5, 5.41) is 2.58. The van der Waals surface area contributed by atoms with Crippen LogP contribution in [0.2, 0.25) is 0 Å². The molecule has 2 aromatic carbocycles. The molecule has 5 heteroatoms. The lowest BCUT2D eigenvalue weighted by Gasteiger charge is -2.05. The van der Waals surface area contributed by atoms with E-state index in [-0.39, 0.29) is 12.3 Å². The SMILES string of the molecule is Nc1ccc(C=CCNC(=O)OCc2ccccc2)cc1F. The van der Waals surface area contributed by atoms with Crippen LogP contribution < -0.4 is 11.1 Å². The summed E-state index contributed by atoms with van der Waals surface area (Å²) in [5.41, 5.74) is 7.10. The van der Waals surface area contributed by atoms with Gasteiger partial charge < -0.3 is 15.8 Å². The van der Waals surface area contributed by atoms with Crippen LogP contribution in [0.15, 0.2) is 54.6 Å². The molecule has 22 heavy (non-hydrogen) atoms. The maximum atomic E-state index is 13.2. The van der Waals surface area contributed by atoms with Crippen LogP contribution in [-0.4, -0.2) is 12.6 Å². The van der Waals surface area contributed by atoms with Crippen LogP contribution in [0, 0.1) is 5.82 Å². The van der Waals surface area contributed by atoms with E-state index in [0.717, 1.165) is 5.56 Å². The lowest BCUT2D eigenvalue weighted by atomic mass is 10.2. The van der Waals surface area contributed by atoms with Gasteiger partial charge in [0.25, 0.3) is 0 Å². The number of anilines is 1. The number of hydrogen-bond donors (Lipinski definition) is 2. The molecule has 0 atom stereocenters. The first-order valence-electron chi connectivity index (χ1n) is 6.81. The van der Waals surface area contributed by atoms with E-state index >= 15 is 0 Å². The number of nitrogen functional groups attached to an aromatic ring is 1. The fourth-order valence-electron chi connectivity index (χ4n) is 1.76. The number of rotatable bonds is 5. The molecule has 0 heterocycles. The Morgan fingerprint density at radius 2 is 2.00 bits per heavy atom. The highest BCUT2D eigenvalue weighted by atomic mass is 19.1. The van der Waals surface area contributed by atoms with Crippen LogP contribution in [0.25, 0.3) is 6.08 Å². The normalized spacial score (nSPS) is 10.6. The second-order valence-electron chi connectivity index (χ2n) is 4.63. The maximum Gasteiger partial charge on any atom is 0.407 e. The number of benzene rings is 2. The molecule has 0 aliphatic rings. The van der Waals surface area contributed by atoms with Crippen molar-refractivity contribution in [1.82, 2.24) is 5.32 Å². The van der Waals surface area contributed by atoms with E-state index in [1.165, 1.54) is 12.1 Å². The zero-order valence-electron chi connectivity index (χ0n) is 12.0. The first-order valence-corrected chi connectivity index (χ1v) is 6.81. The van der Waals surface area contributed by atoms with Crippen LogP contribution in [0.1, 0.15) is 11.1 Å². The minimum Gasteiger partial charge on any atom is -0.445 e. The lowest BCUT2D eigenvalue weighted by Crippen LogP contribution is -2.24. The van der Waals surface area contributed by atoms with Gasteiger partial charge in [-0.25, -0.2) is 9.18 Å². The zero-order valence-corrected chi connectivity index (χ0v) is 12.0. The van der Waals surface area contributed by atoms with E-state index in [4.69, 9.17) is 10.5 Å². The second kappa shape index (κ2) is 7.83. The number of hydrogen-bond acceptors (Lipinski definition) is 3. The molecular weight excluding hydrogens is 283 g/mol. The number of carbonyl (C=O) groups is 1. The fourth-order valence-corrected chi connectivity index (χ4v) is 1.76. The second-order valence-corrected chi connectivity index (χ2v) is 4.63. The zero-order chi connectivity index (χ0) is 15.8. The Morgan fingerprint density at radius 1 is 1.23 bits per heavy atom. The minimum absolute atomic E-state index is 0.111. The molecule has 0 saturated carbocycles. The fraction of sp³-hybridized carbons (Fsp3) is 0.118. The van der Waals surface area contributed by atoms with Gasteiger partial charge in [-0.1, -0.05) is 48.6 Å². The number of amides is 1. The van der Waals surface area contributed by atoms with E-state index in [2.05, 4.69) is 5.32 Å². The van der Waals surface area contributed by atoms with Crippen molar-refractivity contribution in [3.8, 4) is 0 Å². The summed E-state index contributed by atoms with van der Waals surface area (Å²) in [5.74, 6) is -0.461. The third kappa shape index (κ3) is 4.94. The third-order valence-corrected chi connectivity index (χ3v) is 2.91. The van der Waals surface area contributed by atoms with Crippen molar-refractivity contribution in [2.75, 3.05) is 12.3 Å². The summed E-state index contributed by atoms with van der Waals surface area (Å²) in [6.45, 7) is 0.513. The maximum absolute atomic E-state index is 13.2. The van der Waals surface area contributed by atoms with Gasteiger partial charge in [-0.3, -0.25) is 0 Å². The highest BCUT2D eigenvalue weighted by Gasteiger charge is 2.00. The van der Waals surface area contributed by atoms with Gasteiger partial charge in [0.2, 0.25) is 0 Å². The predicted molar refractivity (Wildman–Crippen MR) is 84.5 cm³/mol. The number of halogens is 1. The van der Waals surface area contributed by atoms with E-state index in [1.807, 2.05) is 30.3 Å². The average molecular weight is 300 g/mol. The molecule has 0 spiro atoms. The lowest BCUT2D eigenvalue weighted by molar-refractivity contribution is 0.141. The van der Waals surface area contributed by atoms with Crippen molar-refractivity contribution in [2.24, 2.45) is 0 Å². The standard InChI is InChI=1S/C17H17FN2O2/c18-15-11-13(8-9-16(15)19)7-4-10-20-17(21)22-12-14-5-2-1-3-6-14/h1-9,11H,10,12,19H2,(H,20,21). The quantitative estimate of drug-likeness (QED) is 0.832. The molecule has 0 aliphatic heterocycles. The van der Waals surface area contributed by atoms with Crippen LogP contribution in [-0.2, 0) is 11.3 Å². The van der Waals surface area contributed by atoms with Crippen molar-refractivity contribution in [1.29, 1.82) is 0 Å². The largest absolute Gasteiger partial charge is 0.445 e. The summed E-state index contributed by atoms with van der Waals surface area (Å²) in [7, 11) is 0. The highest BCUT2D eigenvalue weighted by Crippen LogP contribution is 2.12. The number of alkyl carbamates (subject to hydrolysis) is 1. The van der Waals surface area contributed by atoms with Gasteiger partial charge in [0, 0.05) is 6.54 Å². The van der Waals surface area contributed by atoms with Crippen LogP contribution in [0.4, 0.5) is 14.9 Å². The summed E-state index contributed by atoms with van der Waals surface area (Å²) >= 11 is 0. The van der Waals surface area contributed by atoms with Crippen molar-refractivity contribution in [2.45, 2.75) is 6.61 Å². The first-order chi connectivity index (χ1) is 10.6. The molecule has 2 rings (SSSR count). The van der Waals surface area contributed by atoms with Crippen LogP contribution >= 0.6 is 0 Å². The molecule has 4 nitrogen and oxygen atoms in total. The summed E-state index contributed by atoms with van der Waals surface area (Å²) in [4.78, 5) is 11.5. The molecule has 3 N–H and O–H groups in total. The molecule has 114 valence electrons. The van der Waals surface area contributed by atoms with Gasteiger partial charge in [0.05, 0.1) is 5.69 Å². The number of nitrogens with one attached hydrogen (secondary N) is 1. The smallest absolute Gasteiger partial charge is 0.407 e. The Morgan fingerprint density at radius 3 is 2.73 bits per heavy atom. The molecule has 0 radical (unpaired) electrons. The van der Waals surface area contributed by atoms with Gasteiger partial charge in [-0.05, 0) is 23.3 Å². The average Bonchev–Trinajstić information content (AvgIpc) is 2.54. The molecule has 0 aromatic heterocycles. The van der Waals surface area contributed by atoms with Crippen molar-refractivity contribution in [3.63, 3.8) is 0 Å². The molecule has 0 aliphatic carbocycles. The Kier molecular flexibility index (Phi) is 5.54. The van der Waals surface area contributed by atoms with Gasteiger partial charge in [0.15, 0.2) is 0 Å². The van der Waals surface area contributed by atoms with Gasteiger partial charge >= 0.3 is 6.09 Å². The molecule has 1 amide bonds. The molecular formula is C17H17FN2O2. The van der Waals surface area contributed by atoms with Crippen molar-refractivity contribution >= 4 is 17.9 Å². The third-order valence-electron chi connectivity index (χ3n) is 2.91. The molecule has 0 fully saturated rings. The summed E-state index contributed by atoms with van der Waals surface area (Å²) in [6, 6.07) is 13.9. The Labute approximate surface area is 128 Å². The van der Waals surface area contributed by atoms with E-state index in [1.54, 1.807) is 18.2 Å². The predicted octanol–water partition coefficient (Wildman–Crippen LogP) is 3.35. The highest BCUT2D eigenvalue weighted by molar-refractivity contribution is 5.67. The Hall–Kier alpha value is -2.82. The van der Waals surface area contributed by atoms with Gasteiger partial charge in [-0.2, -0.15) is 0 Å². The number of carbonyl (C=O) groups excluding carboxylic acids is 1. The van der Waals surface area contributed by atoms with Crippen LogP contribution in [0.3, 0.4) is 0 Å². The topological polar surface area (TPSA) is 64.3 Å². The van der Waals surface area contributed by atoms with E-state index in [0.29, 0.717) is 12.1 Å². The number of nitrogens with two attached hydrogens (primary N) is 1.